The van der Waals surface area contributed by atoms with Crippen molar-refractivity contribution in [3.8, 4) is 0 Å². The van der Waals surface area contributed by atoms with E-state index in [0.717, 1.165) is 62.2 Å². The Balaban J connectivity index is 1.63. The fourth-order valence-corrected chi connectivity index (χ4v) is 3.00. The maximum atomic E-state index is 5.27. The zero-order valence-electron chi connectivity index (χ0n) is 13.5. The number of aryl methyl sites for hydroxylation is 2. The maximum Gasteiger partial charge on any atom is 0.191 e. The van der Waals surface area contributed by atoms with Gasteiger partial charge in [-0.2, -0.15) is 0 Å². The molecule has 0 unspecified atom stereocenters. The van der Waals surface area contributed by atoms with E-state index in [-0.39, 0.29) is 0 Å². The molecule has 0 spiro atoms. The van der Waals surface area contributed by atoms with Gasteiger partial charge in [-0.1, -0.05) is 6.92 Å². The molecule has 2 aromatic rings. The summed E-state index contributed by atoms with van der Waals surface area (Å²) in [5, 5.41) is 0. The molecule has 0 atom stereocenters. The van der Waals surface area contributed by atoms with Gasteiger partial charge in [0, 0.05) is 50.9 Å². The lowest BCUT2D eigenvalue weighted by molar-refractivity contribution is 0.246. The first kappa shape index (κ1) is 15.0. The van der Waals surface area contributed by atoms with E-state index in [1.807, 2.05) is 6.92 Å². The molecule has 0 aromatic carbocycles. The van der Waals surface area contributed by atoms with Crippen LogP contribution in [0.4, 0.5) is 5.82 Å². The topological polar surface area (TPSA) is 58.3 Å². The molecule has 1 saturated heterocycles. The number of piperazine rings is 1. The van der Waals surface area contributed by atoms with Crippen molar-refractivity contribution in [2.24, 2.45) is 0 Å². The van der Waals surface area contributed by atoms with Crippen LogP contribution in [0.15, 0.2) is 17.0 Å². The zero-order valence-corrected chi connectivity index (χ0v) is 13.5. The van der Waals surface area contributed by atoms with E-state index in [2.05, 4.69) is 38.6 Å². The van der Waals surface area contributed by atoms with Gasteiger partial charge in [-0.15, -0.1) is 0 Å². The molecule has 0 aliphatic carbocycles. The van der Waals surface area contributed by atoms with E-state index >= 15 is 0 Å². The van der Waals surface area contributed by atoms with Crippen LogP contribution in [-0.2, 0) is 13.0 Å². The molecule has 1 fully saturated rings. The third kappa shape index (κ3) is 3.11. The highest BCUT2D eigenvalue weighted by Gasteiger charge is 2.21. The fraction of sp³-hybridized carbons (Fsp3) is 0.562. The van der Waals surface area contributed by atoms with Crippen LogP contribution in [0.5, 0.6) is 0 Å². The number of aromatic nitrogens is 3. The Labute approximate surface area is 131 Å². The lowest BCUT2D eigenvalue weighted by Crippen LogP contribution is -2.46. The Morgan fingerprint density at radius 2 is 1.91 bits per heavy atom. The van der Waals surface area contributed by atoms with Crippen molar-refractivity contribution in [1.82, 2.24) is 19.9 Å². The number of oxazole rings is 1. The van der Waals surface area contributed by atoms with Gasteiger partial charge in [-0.25, -0.2) is 15.0 Å². The molecular formula is C16H23N5O. The minimum Gasteiger partial charge on any atom is -0.449 e. The molecule has 0 bridgehead atoms. The van der Waals surface area contributed by atoms with Crippen molar-refractivity contribution in [3.05, 3.63) is 35.4 Å². The maximum absolute atomic E-state index is 5.27. The van der Waals surface area contributed by atoms with Gasteiger partial charge in [0.05, 0.1) is 5.69 Å². The van der Waals surface area contributed by atoms with E-state index in [0.29, 0.717) is 0 Å². The summed E-state index contributed by atoms with van der Waals surface area (Å²) in [6.45, 7) is 11.0. The molecule has 0 N–H and O–H groups in total. The smallest absolute Gasteiger partial charge is 0.191 e. The predicted octanol–water partition coefficient (Wildman–Crippen LogP) is 1.97. The van der Waals surface area contributed by atoms with Crippen LogP contribution in [-0.4, -0.2) is 46.0 Å². The van der Waals surface area contributed by atoms with Crippen LogP contribution in [0.25, 0.3) is 0 Å². The monoisotopic (exact) mass is 301 g/mol. The minimum absolute atomic E-state index is 0.734. The van der Waals surface area contributed by atoms with Crippen molar-refractivity contribution in [2.75, 3.05) is 31.1 Å². The van der Waals surface area contributed by atoms with E-state index in [4.69, 9.17) is 4.42 Å². The van der Waals surface area contributed by atoms with Gasteiger partial charge in [0.25, 0.3) is 0 Å². The van der Waals surface area contributed by atoms with Crippen molar-refractivity contribution < 1.29 is 4.42 Å². The number of hydrogen-bond donors (Lipinski definition) is 0. The minimum atomic E-state index is 0.734. The summed E-state index contributed by atoms with van der Waals surface area (Å²) in [4.78, 5) is 18.0. The second-order valence-electron chi connectivity index (χ2n) is 5.74. The summed E-state index contributed by atoms with van der Waals surface area (Å²) in [5.41, 5.74) is 3.37. The second-order valence-corrected chi connectivity index (χ2v) is 5.74. The van der Waals surface area contributed by atoms with E-state index in [1.54, 1.807) is 12.6 Å². The number of nitrogens with zero attached hydrogens (tertiary/aromatic N) is 5. The molecule has 1 aliphatic heterocycles. The van der Waals surface area contributed by atoms with Crippen molar-refractivity contribution in [1.29, 1.82) is 0 Å². The van der Waals surface area contributed by atoms with Crippen molar-refractivity contribution in [2.45, 2.75) is 33.7 Å². The quantitative estimate of drug-likeness (QED) is 0.860. The average Bonchev–Trinajstić information content (AvgIpc) is 2.93. The third-order valence-electron chi connectivity index (χ3n) is 4.22. The number of anilines is 1. The molecule has 22 heavy (non-hydrogen) atoms. The van der Waals surface area contributed by atoms with Crippen LogP contribution in [0, 0.1) is 13.8 Å². The fourth-order valence-electron chi connectivity index (χ4n) is 3.00. The van der Waals surface area contributed by atoms with Crippen LogP contribution < -0.4 is 4.90 Å². The third-order valence-corrected chi connectivity index (χ3v) is 4.22. The van der Waals surface area contributed by atoms with Crippen molar-refractivity contribution in [3.63, 3.8) is 0 Å². The first-order valence-corrected chi connectivity index (χ1v) is 7.86. The second kappa shape index (κ2) is 6.44. The Morgan fingerprint density at radius 3 is 2.55 bits per heavy atom. The van der Waals surface area contributed by atoms with E-state index in [1.165, 1.54) is 5.56 Å². The van der Waals surface area contributed by atoms with Gasteiger partial charge >= 0.3 is 0 Å². The Hall–Kier alpha value is -1.95. The summed E-state index contributed by atoms with van der Waals surface area (Å²) in [6.07, 6.45) is 4.40. The lowest BCUT2D eigenvalue weighted by atomic mass is 10.1. The zero-order chi connectivity index (χ0) is 15.5. The normalized spacial score (nSPS) is 16.2. The highest BCUT2D eigenvalue weighted by Crippen LogP contribution is 2.21. The van der Waals surface area contributed by atoms with Crippen LogP contribution in [0.2, 0.25) is 0 Å². The summed E-state index contributed by atoms with van der Waals surface area (Å²) in [5.74, 6) is 1.84. The Kier molecular flexibility index (Phi) is 4.38. The number of hydrogen-bond acceptors (Lipinski definition) is 6. The van der Waals surface area contributed by atoms with Crippen molar-refractivity contribution >= 4 is 5.82 Å². The molecule has 6 nitrogen and oxygen atoms in total. The van der Waals surface area contributed by atoms with Crippen LogP contribution in [0.1, 0.15) is 29.8 Å². The van der Waals surface area contributed by atoms with Gasteiger partial charge in [0.15, 0.2) is 5.89 Å². The molecule has 2 aromatic heterocycles. The van der Waals surface area contributed by atoms with Gasteiger partial charge < -0.3 is 9.32 Å². The molecule has 3 heterocycles. The molecular weight excluding hydrogens is 278 g/mol. The highest BCUT2D eigenvalue weighted by molar-refractivity contribution is 5.48. The first-order valence-electron chi connectivity index (χ1n) is 7.86. The predicted molar refractivity (Wildman–Crippen MR) is 84.9 cm³/mol. The Bertz CT molecular complexity index is 631. The molecule has 3 rings (SSSR count). The standard InChI is InChI=1S/C16H23N5O/c1-4-15-12(2)17-11-18-16(15)21-7-5-20(6-8-21)9-14-10-22-13(3)19-14/h10-11H,4-9H2,1-3H3. The van der Waals surface area contributed by atoms with Crippen LogP contribution >= 0.6 is 0 Å². The molecule has 6 heteroatoms. The Morgan fingerprint density at radius 1 is 1.14 bits per heavy atom. The molecule has 0 amide bonds. The molecule has 0 radical (unpaired) electrons. The largest absolute Gasteiger partial charge is 0.449 e. The summed E-state index contributed by atoms with van der Waals surface area (Å²) in [6, 6.07) is 0. The van der Waals surface area contributed by atoms with Crippen LogP contribution in [0.3, 0.4) is 0 Å². The molecule has 118 valence electrons. The number of rotatable bonds is 4. The molecule has 0 saturated carbocycles. The van der Waals surface area contributed by atoms with Gasteiger partial charge in [0.2, 0.25) is 0 Å². The van der Waals surface area contributed by atoms with E-state index in [9.17, 15) is 0 Å². The SMILES string of the molecule is CCc1c(C)ncnc1N1CCN(Cc2coc(C)n2)CC1. The summed E-state index contributed by atoms with van der Waals surface area (Å²) < 4.78 is 5.27. The lowest BCUT2D eigenvalue weighted by Gasteiger charge is -2.35. The van der Waals surface area contributed by atoms with E-state index < -0.39 is 0 Å². The molecule has 1 aliphatic rings. The highest BCUT2D eigenvalue weighted by atomic mass is 16.3. The summed E-state index contributed by atoms with van der Waals surface area (Å²) >= 11 is 0. The van der Waals surface area contributed by atoms with Gasteiger partial charge in [-0.05, 0) is 13.3 Å². The van der Waals surface area contributed by atoms with Gasteiger partial charge in [0.1, 0.15) is 18.4 Å². The first-order chi connectivity index (χ1) is 10.7. The average molecular weight is 301 g/mol. The van der Waals surface area contributed by atoms with Gasteiger partial charge in [-0.3, -0.25) is 4.90 Å². The summed E-state index contributed by atoms with van der Waals surface area (Å²) in [7, 11) is 0.